The fourth-order valence-corrected chi connectivity index (χ4v) is 4.82. The van der Waals surface area contributed by atoms with E-state index in [1.807, 2.05) is 67.6 Å². The van der Waals surface area contributed by atoms with Crippen molar-refractivity contribution in [2.75, 3.05) is 7.11 Å². The Morgan fingerprint density at radius 3 is 2.68 bits per heavy atom. The van der Waals surface area contributed by atoms with E-state index in [0.29, 0.717) is 22.6 Å². The fraction of sp³-hybridized carbons (Fsp3) is 0.125. The van der Waals surface area contributed by atoms with E-state index in [1.165, 1.54) is 11.3 Å². The van der Waals surface area contributed by atoms with Gasteiger partial charge in [0.15, 0.2) is 5.76 Å². The molecule has 31 heavy (non-hydrogen) atoms. The van der Waals surface area contributed by atoms with E-state index in [2.05, 4.69) is 10.1 Å². The molecule has 0 fully saturated rings. The molecule has 0 bridgehead atoms. The van der Waals surface area contributed by atoms with Gasteiger partial charge in [-0.3, -0.25) is 9.36 Å². The molecule has 2 aromatic carbocycles. The molecule has 0 spiro atoms. The maximum atomic E-state index is 13.2. The zero-order chi connectivity index (χ0) is 21.4. The minimum absolute atomic E-state index is 0.0869. The smallest absolute Gasteiger partial charge is 0.262 e. The topological polar surface area (TPSA) is 70.2 Å². The van der Waals surface area contributed by atoms with Gasteiger partial charge in [0.2, 0.25) is 0 Å². The third-order valence-corrected chi connectivity index (χ3v) is 6.47. The number of ether oxygens (including phenoxy) is 1. The van der Waals surface area contributed by atoms with Gasteiger partial charge in [-0.2, -0.15) is 0 Å². The summed E-state index contributed by atoms with van der Waals surface area (Å²) in [7, 11) is 1.62. The molecule has 0 aliphatic carbocycles. The molecular formula is C24H19N3O3S. The number of benzene rings is 2. The highest BCUT2D eigenvalue weighted by Gasteiger charge is 2.17. The molecule has 0 aliphatic heterocycles. The number of nitrogens with zero attached hydrogens (tertiary/aromatic N) is 3. The van der Waals surface area contributed by atoms with Crippen LogP contribution in [-0.2, 0) is 6.54 Å². The first kappa shape index (κ1) is 19.3. The Bertz CT molecular complexity index is 1430. The maximum absolute atomic E-state index is 13.2. The van der Waals surface area contributed by atoms with Crippen molar-refractivity contribution < 1.29 is 9.26 Å². The van der Waals surface area contributed by atoms with Crippen LogP contribution in [0.3, 0.4) is 0 Å². The van der Waals surface area contributed by atoms with Gasteiger partial charge in [0, 0.05) is 16.5 Å². The second kappa shape index (κ2) is 7.85. The molecule has 3 heterocycles. The summed E-state index contributed by atoms with van der Waals surface area (Å²) in [6, 6.07) is 19.5. The molecule has 7 heteroatoms. The summed E-state index contributed by atoms with van der Waals surface area (Å²) < 4.78 is 12.5. The predicted molar refractivity (Wildman–Crippen MR) is 122 cm³/mol. The molecule has 5 aromatic rings. The molecule has 3 aromatic heterocycles. The van der Waals surface area contributed by atoms with E-state index in [0.717, 1.165) is 26.4 Å². The number of fused-ring (bicyclic) bond motifs is 1. The SMILES string of the molecule is COc1ccccc1-c1cc(Cn2cnc3sc(-c4ccccc4)c(C)c3c2=O)on1. The second-order valence-corrected chi connectivity index (χ2v) is 8.16. The van der Waals surface area contributed by atoms with Crippen molar-refractivity contribution >= 4 is 21.6 Å². The average Bonchev–Trinajstić information content (AvgIpc) is 3.41. The van der Waals surface area contributed by atoms with Crippen LogP contribution in [0.15, 0.2) is 76.3 Å². The van der Waals surface area contributed by atoms with Gasteiger partial charge < -0.3 is 9.26 Å². The summed E-state index contributed by atoms with van der Waals surface area (Å²) in [6.45, 7) is 2.22. The third kappa shape index (κ3) is 3.43. The molecule has 154 valence electrons. The number of methoxy groups -OCH3 is 1. The molecule has 6 nitrogen and oxygen atoms in total. The molecule has 0 saturated carbocycles. The number of rotatable bonds is 5. The van der Waals surface area contributed by atoms with Crippen molar-refractivity contribution in [3.8, 4) is 27.4 Å². The van der Waals surface area contributed by atoms with E-state index in [9.17, 15) is 4.79 Å². The van der Waals surface area contributed by atoms with E-state index >= 15 is 0 Å². The molecule has 0 amide bonds. The number of hydrogen-bond acceptors (Lipinski definition) is 6. The van der Waals surface area contributed by atoms with Gasteiger partial charge in [-0.05, 0) is 30.2 Å². The number of aryl methyl sites for hydroxylation is 1. The molecule has 0 aliphatic rings. The second-order valence-electron chi connectivity index (χ2n) is 7.16. The summed E-state index contributed by atoms with van der Waals surface area (Å²) in [5.41, 5.74) is 3.45. The van der Waals surface area contributed by atoms with E-state index in [-0.39, 0.29) is 12.1 Å². The highest BCUT2D eigenvalue weighted by molar-refractivity contribution is 7.22. The molecule has 0 unspecified atom stereocenters. The summed E-state index contributed by atoms with van der Waals surface area (Å²) in [5, 5.41) is 4.80. The Morgan fingerprint density at radius 1 is 1.10 bits per heavy atom. The largest absolute Gasteiger partial charge is 0.496 e. The quantitative estimate of drug-likeness (QED) is 0.387. The Labute approximate surface area is 182 Å². The number of thiophene rings is 1. The van der Waals surface area contributed by atoms with Gasteiger partial charge in [0.1, 0.15) is 16.3 Å². The van der Waals surface area contributed by atoms with Gasteiger partial charge in [-0.15, -0.1) is 11.3 Å². The molecule has 0 atom stereocenters. The number of para-hydroxylation sites is 1. The van der Waals surface area contributed by atoms with Crippen LogP contribution >= 0.6 is 11.3 Å². The third-order valence-electron chi connectivity index (χ3n) is 5.22. The first-order valence-electron chi connectivity index (χ1n) is 9.78. The fourth-order valence-electron chi connectivity index (χ4n) is 3.68. The highest BCUT2D eigenvalue weighted by Crippen LogP contribution is 2.35. The molecule has 0 radical (unpaired) electrons. The Morgan fingerprint density at radius 2 is 1.87 bits per heavy atom. The van der Waals surface area contributed by atoms with E-state index < -0.39 is 0 Å². The lowest BCUT2D eigenvalue weighted by molar-refractivity contribution is 0.375. The highest BCUT2D eigenvalue weighted by atomic mass is 32.1. The summed E-state index contributed by atoms with van der Waals surface area (Å²) in [5.74, 6) is 1.28. The normalized spacial score (nSPS) is 11.2. The zero-order valence-electron chi connectivity index (χ0n) is 17.0. The average molecular weight is 430 g/mol. The Balaban J connectivity index is 1.51. The minimum atomic E-state index is -0.0869. The standard InChI is InChI=1S/C24H19N3O3S/c1-15-21-23(31-22(15)16-8-4-3-5-9-16)25-14-27(24(21)28)13-17-12-19(26-30-17)18-10-6-7-11-20(18)29-2/h3-12,14H,13H2,1-2H3. The van der Waals surface area contributed by atoms with E-state index in [4.69, 9.17) is 9.26 Å². The number of hydrogen-bond donors (Lipinski definition) is 0. The van der Waals surface area contributed by atoms with Crippen molar-refractivity contribution in [3.05, 3.63) is 88.7 Å². The first-order chi connectivity index (χ1) is 15.2. The van der Waals surface area contributed by atoms with Crippen LogP contribution < -0.4 is 10.3 Å². The van der Waals surface area contributed by atoms with Gasteiger partial charge in [-0.25, -0.2) is 4.98 Å². The van der Waals surface area contributed by atoms with Crippen molar-refractivity contribution in [1.82, 2.24) is 14.7 Å². The van der Waals surface area contributed by atoms with Gasteiger partial charge >= 0.3 is 0 Å². The van der Waals surface area contributed by atoms with E-state index in [1.54, 1.807) is 18.0 Å². The van der Waals surface area contributed by atoms with Crippen molar-refractivity contribution in [1.29, 1.82) is 0 Å². The van der Waals surface area contributed by atoms with Crippen LogP contribution in [-0.4, -0.2) is 21.8 Å². The molecule has 5 rings (SSSR count). The van der Waals surface area contributed by atoms with Crippen LogP contribution in [0.4, 0.5) is 0 Å². The molecular weight excluding hydrogens is 410 g/mol. The zero-order valence-corrected chi connectivity index (χ0v) is 17.8. The molecule has 0 saturated heterocycles. The van der Waals surface area contributed by atoms with Crippen LogP contribution in [0.1, 0.15) is 11.3 Å². The summed E-state index contributed by atoms with van der Waals surface area (Å²) in [6.07, 6.45) is 1.57. The summed E-state index contributed by atoms with van der Waals surface area (Å²) >= 11 is 1.54. The lowest BCUT2D eigenvalue weighted by Crippen LogP contribution is -2.20. The van der Waals surface area contributed by atoms with Crippen LogP contribution in [0, 0.1) is 6.92 Å². The lowest BCUT2D eigenvalue weighted by atomic mass is 10.1. The van der Waals surface area contributed by atoms with Crippen molar-refractivity contribution in [3.63, 3.8) is 0 Å². The van der Waals surface area contributed by atoms with Crippen LogP contribution in [0.2, 0.25) is 0 Å². The van der Waals surface area contributed by atoms with Gasteiger partial charge in [0.05, 0.1) is 25.4 Å². The monoisotopic (exact) mass is 429 g/mol. The number of aromatic nitrogens is 3. The van der Waals surface area contributed by atoms with Gasteiger partial charge in [0.25, 0.3) is 5.56 Å². The Hall–Kier alpha value is -3.71. The maximum Gasteiger partial charge on any atom is 0.262 e. The van der Waals surface area contributed by atoms with Crippen molar-refractivity contribution in [2.45, 2.75) is 13.5 Å². The first-order valence-corrected chi connectivity index (χ1v) is 10.6. The summed E-state index contributed by atoms with van der Waals surface area (Å²) in [4.78, 5) is 19.6. The lowest BCUT2D eigenvalue weighted by Gasteiger charge is -2.04. The predicted octanol–water partition coefficient (Wildman–Crippen LogP) is 5.15. The van der Waals surface area contributed by atoms with Crippen molar-refractivity contribution in [2.24, 2.45) is 0 Å². The molecule has 0 N–H and O–H groups in total. The van der Waals surface area contributed by atoms with Crippen LogP contribution in [0.5, 0.6) is 5.75 Å². The van der Waals surface area contributed by atoms with Gasteiger partial charge in [-0.1, -0.05) is 47.6 Å². The Kier molecular flexibility index (Phi) is 4.88. The van der Waals surface area contributed by atoms with Crippen LogP contribution in [0.25, 0.3) is 31.9 Å². The minimum Gasteiger partial charge on any atom is -0.496 e.